The topological polar surface area (TPSA) is 97.4 Å². The SMILES string of the molecule is CSc1ncc2c(n1)N1CCN=C1C(c1cc(-c3c(C(F)(F)F)ccnc3C(N)=O)ccc1Cl)=C2. The van der Waals surface area contributed by atoms with Gasteiger partial charge in [-0.1, -0.05) is 29.4 Å². The minimum atomic E-state index is -4.73. The van der Waals surface area contributed by atoms with Crippen LogP contribution in [0.1, 0.15) is 27.2 Å². The first-order chi connectivity index (χ1) is 16.7. The number of pyridine rings is 1. The van der Waals surface area contributed by atoms with Crippen molar-refractivity contribution >= 4 is 52.6 Å². The number of nitrogens with zero attached hydrogens (tertiary/aromatic N) is 5. The minimum absolute atomic E-state index is 0.101. The van der Waals surface area contributed by atoms with Crippen molar-refractivity contribution in [3.8, 4) is 11.1 Å². The Morgan fingerprint density at radius 3 is 2.74 bits per heavy atom. The smallest absolute Gasteiger partial charge is 0.364 e. The number of hydrogen-bond acceptors (Lipinski definition) is 7. The van der Waals surface area contributed by atoms with Gasteiger partial charge in [-0.15, -0.1) is 0 Å². The molecule has 0 unspecified atom stereocenters. The highest BCUT2D eigenvalue weighted by molar-refractivity contribution is 7.98. The summed E-state index contributed by atoms with van der Waals surface area (Å²) < 4.78 is 41.6. The fourth-order valence-electron chi connectivity index (χ4n) is 4.15. The lowest BCUT2D eigenvalue weighted by Gasteiger charge is -2.28. The van der Waals surface area contributed by atoms with E-state index in [2.05, 4.69) is 19.9 Å². The highest BCUT2D eigenvalue weighted by atomic mass is 35.5. The quantitative estimate of drug-likeness (QED) is 0.395. The normalized spacial score (nSPS) is 14.8. The summed E-state index contributed by atoms with van der Waals surface area (Å²) in [6.07, 6.45) is 1.56. The van der Waals surface area contributed by atoms with Crippen LogP contribution in [0.3, 0.4) is 0 Å². The first kappa shape index (κ1) is 23.3. The summed E-state index contributed by atoms with van der Waals surface area (Å²) in [5.41, 5.74) is 5.37. The summed E-state index contributed by atoms with van der Waals surface area (Å²) in [4.78, 5) is 31.3. The number of carbonyl (C=O) groups excluding carboxylic acids is 1. The zero-order chi connectivity index (χ0) is 24.9. The van der Waals surface area contributed by atoms with Gasteiger partial charge in [0.05, 0.1) is 12.1 Å². The average Bonchev–Trinajstić information content (AvgIpc) is 3.33. The summed E-state index contributed by atoms with van der Waals surface area (Å²) in [5, 5.41) is 0.917. The molecule has 7 nitrogen and oxygen atoms in total. The van der Waals surface area contributed by atoms with Crippen molar-refractivity contribution < 1.29 is 18.0 Å². The molecule has 2 aliphatic rings. The lowest BCUT2D eigenvalue weighted by Crippen LogP contribution is -2.32. The minimum Gasteiger partial charge on any atom is -0.364 e. The number of nitrogens with two attached hydrogens (primary N) is 1. The third kappa shape index (κ3) is 4.04. The standard InChI is InChI=1S/C23H16ClF3N6OS/c1-35-22-31-10-12-9-14(21-30-6-7-33(21)20(12)32-22)13-8-11(2-3-16(13)24)17-15(23(25,26)27)4-5-29-18(17)19(28)34/h2-5,8-10H,6-7H2,1H3,(H2,28,34). The van der Waals surface area contributed by atoms with E-state index in [1.165, 1.54) is 30.0 Å². The molecule has 0 radical (unpaired) electrons. The summed E-state index contributed by atoms with van der Waals surface area (Å²) >= 11 is 7.95. The maximum Gasteiger partial charge on any atom is 0.417 e. The molecule has 2 aromatic heterocycles. The zero-order valence-corrected chi connectivity index (χ0v) is 19.7. The largest absolute Gasteiger partial charge is 0.417 e. The number of aromatic nitrogens is 3. The number of aliphatic imine (C=N–C) groups is 1. The first-order valence-electron chi connectivity index (χ1n) is 10.3. The fraction of sp³-hybridized carbons (Fsp3) is 0.174. The van der Waals surface area contributed by atoms with Crippen LogP contribution in [0.15, 0.2) is 46.8 Å². The number of thioether (sulfide) groups is 1. The fourth-order valence-corrected chi connectivity index (χ4v) is 4.70. The summed E-state index contributed by atoms with van der Waals surface area (Å²) in [6.45, 7) is 1.11. The second kappa shape index (κ2) is 8.65. The molecule has 0 bridgehead atoms. The molecule has 0 saturated heterocycles. The van der Waals surface area contributed by atoms with Crippen LogP contribution >= 0.6 is 23.4 Å². The molecule has 0 saturated carbocycles. The van der Waals surface area contributed by atoms with Gasteiger partial charge >= 0.3 is 6.18 Å². The van der Waals surface area contributed by atoms with Crippen molar-refractivity contribution in [1.29, 1.82) is 0 Å². The number of benzene rings is 1. The van der Waals surface area contributed by atoms with Crippen LogP contribution < -0.4 is 10.6 Å². The molecule has 3 aromatic rings. The zero-order valence-electron chi connectivity index (χ0n) is 18.1. The lowest BCUT2D eigenvalue weighted by molar-refractivity contribution is -0.137. The number of fused-ring (bicyclic) bond motifs is 3. The molecule has 0 aliphatic carbocycles. The van der Waals surface area contributed by atoms with Crippen LogP contribution in [-0.2, 0) is 6.18 Å². The van der Waals surface area contributed by atoms with Crippen LogP contribution in [0.2, 0.25) is 5.02 Å². The van der Waals surface area contributed by atoms with Gasteiger partial charge in [-0.2, -0.15) is 13.2 Å². The second-order valence-electron chi connectivity index (χ2n) is 7.69. The third-order valence-corrected chi connectivity index (χ3v) is 6.52. The molecule has 1 aromatic carbocycles. The third-order valence-electron chi connectivity index (χ3n) is 5.63. The predicted molar refractivity (Wildman–Crippen MR) is 130 cm³/mol. The number of amidine groups is 1. The van der Waals surface area contributed by atoms with E-state index in [0.717, 1.165) is 17.8 Å². The number of hydrogen-bond donors (Lipinski definition) is 1. The predicted octanol–water partition coefficient (Wildman–Crippen LogP) is 4.80. The Hall–Kier alpha value is -3.44. The van der Waals surface area contributed by atoms with Crippen LogP contribution in [0.4, 0.5) is 19.0 Å². The molecule has 0 atom stereocenters. The maximum atomic E-state index is 13.9. The number of alkyl halides is 3. The molecule has 12 heteroatoms. The molecule has 0 spiro atoms. The van der Waals surface area contributed by atoms with Gasteiger partial charge in [-0.3, -0.25) is 14.8 Å². The average molecular weight is 517 g/mol. The van der Waals surface area contributed by atoms with E-state index in [9.17, 15) is 18.0 Å². The molecule has 178 valence electrons. The number of primary amides is 1. The molecule has 0 fully saturated rings. The maximum absolute atomic E-state index is 13.9. The number of halogens is 4. The highest BCUT2D eigenvalue weighted by Crippen LogP contribution is 2.42. The Labute approximate surface area is 207 Å². The van der Waals surface area contributed by atoms with Crippen molar-refractivity contribution in [3.05, 3.63) is 64.1 Å². The van der Waals surface area contributed by atoms with Gasteiger partial charge in [0.15, 0.2) is 5.16 Å². The van der Waals surface area contributed by atoms with Crippen molar-refractivity contribution in [2.24, 2.45) is 10.7 Å². The van der Waals surface area contributed by atoms with Gasteiger partial charge < -0.3 is 10.6 Å². The van der Waals surface area contributed by atoms with E-state index < -0.39 is 28.9 Å². The molecule has 1 amide bonds. The van der Waals surface area contributed by atoms with Gasteiger partial charge in [0.1, 0.15) is 17.3 Å². The second-order valence-corrected chi connectivity index (χ2v) is 8.87. The Morgan fingerprint density at radius 2 is 2.03 bits per heavy atom. The molecule has 2 aliphatic heterocycles. The Balaban J connectivity index is 1.72. The molecule has 5 rings (SSSR count). The highest BCUT2D eigenvalue weighted by Gasteiger charge is 2.37. The number of carbonyl (C=O) groups is 1. The molecular weight excluding hydrogens is 501 g/mol. The van der Waals surface area contributed by atoms with Crippen molar-refractivity contribution in [3.63, 3.8) is 0 Å². The molecular formula is C23H16ClF3N6OS. The number of anilines is 1. The molecule has 2 N–H and O–H groups in total. The Bertz CT molecular complexity index is 1440. The van der Waals surface area contributed by atoms with E-state index in [0.29, 0.717) is 46.1 Å². The summed E-state index contributed by atoms with van der Waals surface area (Å²) in [5.74, 6) is 0.250. The van der Waals surface area contributed by atoms with Gasteiger partial charge in [-0.05, 0) is 36.1 Å². The van der Waals surface area contributed by atoms with E-state index >= 15 is 0 Å². The first-order valence-corrected chi connectivity index (χ1v) is 11.9. The van der Waals surface area contributed by atoms with Crippen LogP contribution in [0.25, 0.3) is 22.8 Å². The van der Waals surface area contributed by atoms with E-state index in [1.807, 2.05) is 17.2 Å². The monoisotopic (exact) mass is 516 g/mol. The van der Waals surface area contributed by atoms with Crippen LogP contribution in [-0.4, -0.2) is 46.0 Å². The van der Waals surface area contributed by atoms with Crippen molar-refractivity contribution in [1.82, 2.24) is 15.0 Å². The summed E-state index contributed by atoms with van der Waals surface area (Å²) in [6, 6.07) is 5.20. The number of amides is 1. The van der Waals surface area contributed by atoms with Crippen LogP contribution in [0, 0.1) is 0 Å². The van der Waals surface area contributed by atoms with Gasteiger partial charge in [-0.25, -0.2) is 9.97 Å². The summed E-state index contributed by atoms with van der Waals surface area (Å²) in [7, 11) is 0. The van der Waals surface area contributed by atoms with Gasteiger partial charge in [0, 0.05) is 46.2 Å². The molecule has 4 heterocycles. The van der Waals surface area contributed by atoms with Gasteiger partial charge in [0.25, 0.3) is 5.91 Å². The van der Waals surface area contributed by atoms with E-state index in [4.69, 9.17) is 17.3 Å². The number of rotatable bonds is 4. The van der Waals surface area contributed by atoms with E-state index in [-0.39, 0.29) is 5.56 Å². The molecule has 35 heavy (non-hydrogen) atoms. The Kier molecular flexibility index (Phi) is 5.76. The van der Waals surface area contributed by atoms with Crippen molar-refractivity contribution in [2.45, 2.75) is 11.3 Å². The lowest BCUT2D eigenvalue weighted by atomic mass is 9.92. The van der Waals surface area contributed by atoms with Gasteiger partial charge in [0.2, 0.25) is 0 Å². The van der Waals surface area contributed by atoms with Crippen LogP contribution in [0.5, 0.6) is 0 Å². The van der Waals surface area contributed by atoms with Crippen molar-refractivity contribution in [2.75, 3.05) is 24.2 Å². The Morgan fingerprint density at radius 1 is 1.23 bits per heavy atom. The van der Waals surface area contributed by atoms with E-state index in [1.54, 1.807) is 6.20 Å².